The first kappa shape index (κ1) is 44.5. The zero-order chi connectivity index (χ0) is 23.0. The first-order valence-electron chi connectivity index (χ1n) is 14.0. The van der Waals surface area contributed by atoms with Crippen molar-refractivity contribution in [2.24, 2.45) is 0 Å². The van der Waals surface area contributed by atoms with E-state index in [-0.39, 0.29) is 102 Å². The van der Waals surface area contributed by atoms with E-state index in [0.717, 1.165) is 0 Å². The summed E-state index contributed by atoms with van der Waals surface area (Å²) < 4.78 is 0. The molecule has 6 rings (SSSR count). The van der Waals surface area contributed by atoms with Gasteiger partial charge in [0.25, 0.3) is 0 Å². The van der Waals surface area contributed by atoms with Gasteiger partial charge in [-0.05, 0) is 0 Å². The van der Waals surface area contributed by atoms with Crippen molar-refractivity contribution in [3.8, 4) is 0 Å². The van der Waals surface area contributed by atoms with Crippen LogP contribution in [0.3, 0.4) is 0 Å². The number of fused-ring (bicyclic) bond motifs is 3. The van der Waals surface area contributed by atoms with Crippen molar-refractivity contribution in [1.82, 2.24) is 0 Å². The van der Waals surface area contributed by atoms with Gasteiger partial charge in [0.2, 0.25) is 0 Å². The van der Waals surface area contributed by atoms with Crippen molar-refractivity contribution < 1.29 is 102 Å². The molecule has 0 aromatic heterocycles. The summed E-state index contributed by atoms with van der Waals surface area (Å²) in [5.41, 5.74) is 14.7. The Morgan fingerprint density at radius 1 is 0.436 bits per heavy atom. The van der Waals surface area contributed by atoms with Gasteiger partial charge in [-0.2, -0.15) is 68.3 Å². The molecule has 0 unspecified atom stereocenters. The minimum Gasteiger partial charge on any atom is -1.00 e. The fourth-order valence-electron chi connectivity index (χ4n) is 6.34. The van der Waals surface area contributed by atoms with Crippen LogP contribution < -0.4 is 37.2 Å². The van der Waals surface area contributed by atoms with Gasteiger partial charge in [-0.3, -0.25) is 0 Å². The second kappa shape index (κ2) is 23.5. The number of halogens is 3. The summed E-state index contributed by atoms with van der Waals surface area (Å²) in [6.45, 7) is 6.76. The topological polar surface area (TPSA) is 0 Å². The van der Waals surface area contributed by atoms with E-state index in [4.69, 9.17) is 0 Å². The number of rotatable bonds is 3. The van der Waals surface area contributed by atoms with Crippen LogP contribution in [-0.4, -0.2) is 0 Å². The van der Waals surface area contributed by atoms with E-state index in [9.17, 15) is 0 Å². The Labute approximate surface area is 303 Å². The Hall–Kier alpha value is 1.06. The van der Waals surface area contributed by atoms with Crippen molar-refractivity contribution in [3.05, 3.63) is 86.5 Å². The van der Waals surface area contributed by atoms with Gasteiger partial charge >= 0.3 is 65.2 Å². The van der Waals surface area contributed by atoms with Crippen molar-refractivity contribution in [2.45, 2.75) is 117 Å². The Balaban J connectivity index is -0.000000463. The predicted octanol–water partition coefficient (Wildman–Crippen LogP) is -0.455. The molecule has 0 heterocycles. The summed E-state index contributed by atoms with van der Waals surface area (Å²) in [5, 5.41) is 0. The monoisotopic (exact) mass is 690 g/mol. The van der Waals surface area contributed by atoms with E-state index in [1.54, 1.807) is 50.1 Å². The first-order valence-corrected chi connectivity index (χ1v) is 14.0. The summed E-state index contributed by atoms with van der Waals surface area (Å²) in [7, 11) is 0. The minimum atomic E-state index is 0. The number of hydrogen-bond acceptors (Lipinski definition) is 0. The van der Waals surface area contributed by atoms with E-state index in [1.165, 1.54) is 96.3 Å². The molecular weight excluding hydrogens is 646 g/mol. The van der Waals surface area contributed by atoms with Crippen LogP contribution in [0.2, 0.25) is 0 Å². The number of aryl methyl sites for hydroxylation is 6. The molecule has 0 fully saturated rings. The average molecular weight is 692 g/mol. The zero-order valence-electron chi connectivity index (χ0n) is 24.2. The standard InChI is InChI=1S/3C11H15.3ClH.3Ti/c3*1-2-9-7-8-10-5-3-4-6-11(9)10;;;;;;/h3*7-8H,2-6H2,1H3;3*1H;;;/q3*-1;;;;3*+2/p-3. The molecule has 0 saturated heterocycles. The molecule has 210 valence electrons. The molecule has 3 aliphatic rings. The van der Waals surface area contributed by atoms with E-state index in [1.807, 2.05) is 0 Å². The quantitative estimate of drug-likeness (QED) is 0.258. The third kappa shape index (κ3) is 11.9. The van der Waals surface area contributed by atoms with Crippen LogP contribution in [0.5, 0.6) is 0 Å². The number of hydrogen-bond donors (Lipinski definition) is 0. The van der Waals surface area contributed by atoms with Gasteiger partial charge in [0, 0.05) is 0 Å². The van der Waals surface area contributed by atoms with Gasteiger partial charge in [0.1, 0.15) is 0 Å². The normalized spacial score (nSPS) is 13.9. The Kier molecular flexibility index (Phi) is 26.8. The summed E-state index contributed by atoms with van der Waals surface area (Å²) in [4.78, 5) is 0. The van der Waals surface area contributed by atoms with Gasteiger partial charge < -0.3 is 37.2 Å². The van der Waals surface area contributed by atoms with E-state index < -0.39 is 0 Å². The Morgan fingerprint density at radius 2 is 0.667 bits per heavy atom. The maximum atomic E-state index is 2.33. The first-order chi connectivity index (χ1) is 16.2. The van der Waals surface area contributed by atoms with Crippen LogP contribution in [0.1, 0.15) is 109 Å². The SMILES string of the molecule is CC[c-]1ccc2c1CCCC2.CC[c-]1ccc2c1CCCC2.CC[c-]1ccc2c1CCCC2.[Cl-].[Cl-].[Cl-].[Ti+2].[Ti+2].[Ti+2]. The molecule has 0 atom stereocenters. The van der Waals surface area contributed by atoms with Crippen molar-refractivity contribution in [1.29, 1.82) is 0 Å². The van der Waals surface area contributed by atoms with Gasteiger partial charge in [-0.15, -0.1) is 0 Å². The molecular formula is C33H45Cl3Ti3. The van der Waals surface area contributed by atoms with Gasteiger partial charge in [-0.1, -0.05) is 117 Å². The van der Waals surface area contributed by atoms with Crippen molar-refractivity contribution in [2.75, 3.05) is 0 Å². The summed E-state index contributed by atoms with van der Waals surface area (Å²) >= 11 is 0. The second-order valence-corrected chi connectivity index (χ2v) is 10.3. The van der Waals surface area contributed by atoms with E-state index in [2.05, 4.69) is 57.2 Å². The molecule has 0 nitrogen and oxygen atoms in total. The molecule has 0 saturated carbocycles. The molecule has 3 aromatic carbocycles. The van der Waals surface area contributed by atoms with Crippen molar-refractivity contribution in [3.63, 3.8) is 0 Å². The third-order valence-electron chi connectivity index (χ3n) is 8.29. The fourth-order valence-corrected chi connectivity index (χ4v) is 6.34. The molecule has 0 amide bonds. The van der Waals surface area contributed by atoms with Crippen LogP contribution in [0, 0.1) is 0 Å². The van der Waals surface area contributed by atoms with Crippen LogP contribution in [0.4, 0.5) is 0 Å². The Morgan fingerprint density at radius 3 is 0.897 bits per heavy atom. The maximum absolute atomic E-state index is 2.33. The molecule has 0 N–H and O–H groups in total. The van der Waals surface area contributed by atoms with Crippen LogP contribution in [0.25, 0.3) is 0 Å². The van der Waals surface area contributed by atoms with Gasteiger partial charge in [0.05, 0.1) is 0 Å². The molecule has 0 spiro atoms. The largest absolute Gasteiger partial charge is 2.00 e. The summed E-state index contributed by atoms with van der Waals surface area (Å²) in [6, 6.07) is 13.9. The molecule has 0 bridgehead atoms. The molecule has 0 radical (unpaired) electrons. The smallest absolute Gasteiger partial charge is 1.00 e. The maximum Gasteiger partial charge on any atom is 2.00 e. The summed E-state index contributed by atoms with van der Waals surface area (Å²) in [5.74, 6) is 0. The van der Waals surface area contributed by atoms with Crippen molar-refractivity contribution >= 4 is 0 Å². The van der Waals surface area contributed by atoms with E-state index in [0.29, 0.717) is 0 Å². The molecule has 3 aromatic rings. The van der Waals surface area contributed by atoms with Crippen LogP contribution >= 0.6 is 0 Å². The zero-order valence-corrected chi connectivity index (χ0v) is 31.2. The minimum absolute atomic E-state index is 0. The fraction of sp³-hybridized carbons (Fsp3) is 0.545. The van der Waals surface area contributed by atoms with Crippen LogP contribution in [0.15, 0.2) is 36.4 Å². The molecule has 39 heavy (non-hydrogen) atoms. The molecule has 3 aliphatic carbocycles. The van der Waals surface area contributed by atoms with Crippen LogP contribution in [-0.2, 0) is 123 Å². The average Bonchev–Trinajstić information content (AvgIpc) is 3.60. The second-order valence-electron chi connectivity index (χ2n) is 10.3. The van der Waals surface area contributed by atoms with Gasteiger partial charge in [-0.25, -0.2) is 18.2 Å². The predicted molar refractivity (Wildman–Crippen MR) is 144 cm³/mol. The van der Waals surface area contributed by atoms with E-state index >= 15 is 0 Å². The Bertz CT molecular complexity index is 846. The summed E-state index contributed by atoms with van der Waals surface area (Å²) in [6.07, 6.45) is 20.1. The third-order valence-corrected chi connectivity index (χ3v) is 8.29. The molecule has 0 aliphatic heterocycles. The molecule has 6 heteroatoms. The van der Waals surface area contributed by atoms with Gasteiger partial charge in [0.15, 0.2) is 0 Å².